The number of carbonyl (C=O) groups is 1. The maximum Gasteiger partial charge on any atom is 0.272 e. The molecule has 26 heavy (non-hydrogen) atoms. The molecule has 4 heterocycles. The van der Waals surface area contributed by atoms with Crippen molar-refractivity contribution in [1.29, 1.82) is 0 Å². The maximum atomic E-state index is 12.9. The number of hydrogen-bond acceptors (Lipinski definition) is 5. The molecule has 3 aromatic rings. The van der Waals surface area contributed by atoms with Gasteiger partial charge in [0.25, 0.3) is 5.91 Å². The van der Waals surface area contributed by atoms with E-state index in [4.69, 9.17) is 4.74 Å². The highest BCUT2D eigenvalue weighted by atomic mass is 16.5. The van der Waals surface area contributed by atoms with Gasteiger partial charge in [-0.1, -0.05) is 0 Å². The predicted octanol–water partition coefficient (Wildman–Crippen LogP) is 2.39. The van der Waals surface area contributed by atoms with Crippen molar-refractivity contribution in [2.24, 2.45) is 0 Å². The molecule has 1 N–H and O–H groups in total. The first-order valence-corrected chi connectivity index (χ1v) is 8.50. The molecule has 7 heteroatoms. The van der Waals surface area contributed by atoms with E-state index in [0.29, 0.717) is 31.1 Å². The molecule has 3 aromatic heterocycles. The molecule has 1 aliphatic rings. The number of nitrogens with one attached hydrogen (secondary N) is 1. The van der Waals surface area contributed by atoms with Crippen LogP contribution in [0.4, 0.5) is 0 Å². The third-order valence-electron chi connectivity index (χ3n) is 4.41. The van der Waals surface area contributed by atoms with Crippen LogP contribution in [0.1, 0.15) is 27.8 Å². The lowest BCUT2D eigenvalue weighted by Crippen LogP contribution is -2.42. The van der Waals surface area contributed by atoms with E-state index < -0.39 is 0 Å². The summed E-state index contributed by atoms with van der Waals surface area (Å²) in [5.41, 5.74) is 4.02. The molecule has 4 rings (SSSR count). The number of aryl methyl sites for hydroxylation is 1. The number of hydrogen-bond donors (Lipinski definition) is 1. The SMILES string of the molecule is Cc1cc([C@@H]2CN(C(=O)c3cc(-c4cccnc4)n[nH]3)CCO2)ccn1. The Balaban J connectivity index is 1.50. The van der Waals surface area contributed by atoms with Crippen molar-refractivity contribution >= 4 is 5.91 Å². The zero-order valence-corrected chi connectivity index (χ0v) is 14.4. The Labute approximate surface area is 151 Å². The Bertz CT molecular complexity index is 909. The lowest BCUT2D eigenvalue weighted by atomic mass is 10.1. The van der Waals surface area contributed by atoms with Gasteiger partial charge in [-0.15, -0.1) is 0 Å². The third-order valence-corrected chi connectivity index (χ3v) is 4.41. The molecule has 1 atom stereocenters. The van der Waals surface area contributed by atoms with Gasteiger partial charge < -0.3 is 9.64 Å². The minimum absolute atomic E-state index is 0.0771. The average molecular weight is 349 g/mol. The predicted molar refractivity (Wildman–Crippen MR) is 95.4 cm³/mol. The van der Waals surface area contributed by atoms with E-state index in [1.54, 1.807) is 29.6 Å². The first-order valence-electron chi connectivity index (χ1n) is 8.50. The monoisotopic (exact) mass is 349 g/mol. The minimum Gasteiger partial charge on any atom is -0.370 e. The van der Waals surface area contributed by atoms with Gasteiger partial charge in [-0.3, -0.25) is 19.9 Å². The summed E-state index contributed by atoms with van der Waals surface area (Å²) in [5, 5.41) is 7.08. The second kappa shape index (κ2) is 7.05. The van der Waals surface area contributed by atoms with Crippen molar-refractivity contribution in [3.63, 3.8) is 0 Å². The summed E-state index contributed by atoms with van der Waals surface area (Å²) in [6.45, 7) is 3.51. The van der Waals surface area contributed by atoms with Crippen LogP contribution in [0.3, 0.4) is 0 Å². The van der Waals surface area contributed by atoms with Gasteiger partial charge in [-0.2, -0.15) is 5.10 Å². The number of ether oxygens (including phenoxy) is 1. The van der Waals surface area contributed by atoms with Crippen molar-refractivity contribution in [3.8, 4) is 11.3 Å². The summed E-state index contributed by atoms with van der Waals surface area (Å²) in [6, 6.07) is 9.45. The lowest BCUT2D eigenvalue weighted by Gasteiger charge is -2.33. The van der Waals surface area contributed by atoms with E-state index in [-0.39, 0.29) is 12.0 Å². The topological polar surface area (TPSA) is 84.0 Å². The Hall–Kier alpha value is -3.06. The van der Waals surface area contributed by atoms with Gasteiger partial charge in [0.1, 0.15) is 11.8 Å². The molecule has 132 valence electrons. The minimum atomic E-state index is -0.143. The van der Waals surface area contributed by atoms with E-state index in [1.807, 2.05) is 31.2 Å². The number of amides is 1. The van der Waals surface area contributed by atoms with Gasteiger partial charge in [0.2, 0.25) is 0 Å². The molecule has 7 nitrogen and oxygen atoms in total. The molecule has 0 saturated carbocycles. The quantitative estimate of drug-likeness (QED) is 0.785. The average Bonchev–Trinajstić information content (AvgIpc) is 3.18. The number of pyridine rings is 2. The maximum absolute atomic E-state index is 12.9. The van der Waals surface area contributed by atoms with Crippen LogP contribution in [0.2, 0.25) is 0 Å². The molecule has 1 fully saturated rings. The Morgan fingerprint density at radius 2 is 2.23 bits per heavy atom. The fourth-order valence-electron chi connectivity index (χ4n) is 3.07. The fourth-order valence-corrected chi connectivity index (χ4v) is 3.07. The van der Waals surface area contributed by atoms with E-state index in [2.05, 4.69) is 20.2 Å². The molecular formula is C19H19N5O2. The zero-order valence-electron chi connectivity index (χ0n) is 14.4. The van der Waals surface area contributed by atoms with Gasteiger partial charge in [-0.25, -0.2) is 0 Å². The summed E-state index contributed by atoms with van der Waals surface area (Å²) < 4.78 is 5.85. The molecule has 1 amide bonds. The van der Waals surface area contributed by atoms with Crippen LogP contribution in [0, 0.1) is 6.92 Å². The highest BCUT2D eigenvalue weighted by Crippen LogP contribution is 2.24. The molecule has 0 bridgehead atoms. The number of H-pyrrole nitrogens is 1. The zero-order chi connectivity index (χ0) is 17.9. The summed E-state index contributed by atoms with van der Waals surface area (Å²) in [5.74, 6) is -0.0771. The standard InChI is InChI=1S/C19H19N5O2/c1-13-9-14(4-6-21-13)18-12-24(7-8-26-18)19(25)17-10-16(22-23-17)15-3-2-5-20-11-15/h2-6,9-11,18H,7-8,12H2,1H3,(H,22,23)/t18-/m0/s1. The van der Waals surface area contributed by atoms with Gasteiger partial charge >= 0.3 is 0 Å². The van der Waals surface area contributed by atoms with Crippen LogP contribution >= 0.6 is 0 Å². The Morgan fingerprint density at radius 1 is 1.31 bits per heavy atom. The van der Waals surface area contributed by atoms with Crippen molar-refractivity contribution in [1.82, 2.24) is 25.1 Å². The molecule has 0 radical (unpaired) electrons. The molecule has 0 unspecified atom stereocenters. The van der Waals surface area contributed by atoms with Crippen LogP contribution in [0.5, 0.6) is 0 Å². The highest BCUT2D eigenvalue weighted by Gasteiger charge is 2.27. The molecule has 0 aliphatic carbocycles. The molecule has 0 spiro atoms. The van der Waals surface area contributed by atoms with Crippen molar-refractivity contribution in [3.05, 3.63) is 65.9 Å². The van der Waals surface area contributed by atoms with Crippen molar-refractivity contribution in [2.75, 3.05) is 19.7 Å². The van der Waals surface area contributed by atoms with Crippen molar-refractivity contribution < 1.29 is 9.53 Å². The summed E-state index contributed by atoms with van der Waals surface area (Å²) in [7, 11) is 0. The van der Waals surface area contributed by atoms with E-state index >= 15 is 0 Å². The van der Waals surface area contributed by atoms with Gasteiger partial charge in [-0.05, 0) is 42.8 Å². The van der Waals surface area contributed by atoms with Crippen molar-refractivity contribution in [2.45, 2.75) is 13.0 Å². The normalized spacial score (nSPS) is 17.3. The summed E-state index contributed by atoms with van der Waals surface area (Å²) in [4.78, 5) is 23.0. The molecular weight excluding hydrogens is 330 g/mol. The number of aromatic amines is 1. The number of morpholine rings is 1. The Morgan fingerprint density at radius 3 is 3.04 bits per heavy atom. The number of aromatic nitrogens is 4. The number of nitrogens with zero attached hydrogens (tertiary/aromatic N) is 4. The smallest absolute Gasteiger partial charge is 0.272 e. The fraction of sp³-hybridized carbons (Fsp3) is 0.263. The second-order valence-electron chi connectivity index (χ2n) is 6.25. The highest BCUT2D eigenvalue weighted by molar-refractivity contribution is 5.93. The summed E-state index contributed by atoms with van der Waals surface area (Å²) in [6.07, 6.45) is 5.05. The third kappa shape index (κ3) is 3.34. The van der Waals surface area contributed by atoms with Crippen LogP contribution in [0.15, 0.2) is 48.9 Å². The molecule has 1 saturated heterocycles. The van der Waals surface area contributed by atoms with Gasteiger partial charge in [0.15, 0.2) is 0 Å². The van der Waals surface area contributed by atoms with Gasteiger partial charge in [0, 0.05) is 36.4 Å². The number of rotatable bonds is 3. The molecule has 1 aliphatic heterocycles. The van der Waals surface area contributed by atoms with Crippen LogP contribution in [-0.4, -0.2) is 50.7 Å². The summed E-state index contributed by atoms with van der Waals surface area (Å²) >= 11 is 0. The Kier molecular flexibility index (Phi) is 4.45. The first-order chi connectivity index (χ1) is 12.7. The number of carbonyl (C=O) groups excluding carboxylic acids is 1. The van der Waals surface area contributed by atoms with E-state index in [0.717, 1.165) is 16.8 Å². The van der Waals surface area contributed by atoms with Gasteiger partial charge in [0.05, 0.1) is 18.8 Å². The lowest BCUT2D eigenvalue weighted by molar-refractivity contribution is -0.0230. The van der Waals surface area contributed by atoms with Crippen LogP contribution in [-0.2, 0) is 4.74 Å². The van der Waals surface area contributed by atoms with E-state index in [1.165, 1.54) is 0 Å². The molecule has 0 aromatic carbocycles. The van der Waals surface area contributed by atoms with Crippen LogP contribution < -0.4 is 0 Å². The van der Waals surface area contributed by atoms with E-state index in [9.17, 15) is 4.79 Å². The second-order valence-corrected chi connectivity index (χ2v) is 6.25. The largest absolute Gasteiger partial charge is 0.370 e. The van der Waals surface area contributed by atoms with Crippen LogP contribution in [0.25, 0.3) is 11.3 Å². The first kappa shape index (κ1) is 16.4.